The molecule has 1 aliphatic carbocycles. The smallest absolute Gasteiger partial charge is 0.263 e. The molecule has 6 heteroatoms. The number of aromatic nitrogens is 2. The molecule has 0 fully saturated rings. The van der Waals surface area contributed by atoms with E-state index in [2.05, 4.69) is 10.3 Å². The van der Waals surface area contributed by atoms with Gasteiger partial charge in [-0.25, -0.2) is 4.98 Å². The van der Waals surface area contributed by atoms with E-state index in [1.54, 1.807) is 23.0 Å². The van der Waals surface area contributed by atoms with Crippen molar-refractivity contribution >= 4 is 27.5 Å². The molecular formula is C13H18N4OS. The van der Waals surface area contributed by atoms with Crippen LogP contribution in [0.2, 0.25) is 0 Å². The first-order valence-corrected chi connectivity index (χ1v) is 7.49. The number of nitrogens with two attached hydrogens (primary N) is 1. The Morgan fingerprint density at radius 2 is 2.21 bits per heavy atom. The highest BCUT2D eigenvalue weighted by Gasteiger charge is 2.20. The fourth-order valence-corrected chi connectivity index (χ4v) is 3.88. The van der Waals surface area contributed by atoms with Gasteiger partial charge in [0, 0.05) is 25.0 Å². The number of nitrogens with zero attached hydrogens (tertiary/aromatic N) is 2. The van der Waals surface area contributed by atoms with Crippen LogP contribution in [-0.2, 0) is 19.9 Å². The van der Waals surface area contributed by atoms with Gasteiger partial charge in [0.25, 0.3) is 5.56 Å². The predicted molar refractivity (Wildman–Crippen MR) is 79.0 cm³/mol. The molecule has 2 aromatic heterocycles. The molecule has 0 atom stereocenters. The first kappa shape index (κ1) is 12.6. The Morgan fingerprint density at radius 3 is 3.00 bits per heavy atom. The lowest BCUT2D eigenvalue weighted by Gasteiger charge is -2.11. The molecule has 0 amide bonds. The maximum Gasteiger partial charge on any atom is 0.263 e. The Bertz CT molecular complexity index is 673. The molecule has 0 saturated carbocycles. The molecule has 3 rings (SSSR count). The van der Waals surface area contributed by atoms with Crippen molar-refractivity contribution in [2.45, 2.75) is 25.7 Å². The molecule has 2 heterocycles. The van der Waals surface area contributed by atoms with Crippen LogP contribution in [0.5, 0.6) is 0 Å². The van der Waals surface area contributed by atoms with Gasteiger partial charge in [0.1, 0.15) is 4.83 Å². The number of rotatable bonds is 3. The number of hydrogen-bond donors (Lipinski definition) is 2. The van der Waals surface area contributed by atoms with E-state index in [-0.39, 0.29) is 5.56 Å². The molecule has 2 aromatic rings. The highest BCUT2D eigenvalue weighted by molar-refractivity contribution is 7.18. The zero-order chi connectivity index (χ0) is 13.4. The quantitative estimate of drug-likeness (QED) is 0.886. The second-order valence-electron chi connectivity index (χ2n) is 4.91. The fourth-order valence-electron chi connectivity index (χ4n) is 2.63. The van der Waals surface area contributed by atoms with E-state index in [1.165, 1.54) is 23.3 Å². The Kier molecular flexibility index (Phi) is 3.28. The average molecular weight is 278 g/mol. The van der Waals surface area contributed by atoms with E-state index in [0.717, 1.165) is 23.1 Å². The van der Waals surface area contributed by atoms with Crippen LogP contribution in [0.15, 0.2) is 4.79 Å². The van der Waals surface area contributed by atoms with Gasteiger partial charge in [-0.1, -0.05) is 0 Å². The highest BCUT2D eigenvalue weighted by Crippen LogP contribution is 2.33. The Balaban J connectivity index is 2.19. The summed E-state index contributed by atoms with van der Waals surface area (Å²) in [4.78, 5) is 19.3. The summed E-state index contributed by atoms with van der Waals surface area (Å²) >= 11 is 1.67. The van der Waals surface area contributed by atoms with Crippen LogP contribution in [0, 0.1) is 0 Å². The molecule has 0 aliphatic heterocycles. The van der Waals surface area contributed by atoms with Crippen molar-refractivity contribution in [3.8, 4) is 0 Å². The van der Waals surface area contributed by atoms with E-state index < -0.39 is 0 Å². The SMILES string of the molecule is Cn1c(NCCN)nc2sc3c(c2c1=O)CCCC3. The second-order valence-corrected chi connectivity index (χ2v) is 5.99. The lowest BCUT2D eigenvalue weighted by molar-refractivity contribution is 0.699. The molecule has 102 valence electrons. The Hall–Kier alpha value is -1.40. The number of anilines is 1. The predicted octanol–water partition coefficient (Wildman–Crippen LogP) is 1.24. The average Bonchev–Trinajstić information content (AvgIpc) is 2.79. The lowest BCUT2D eigenvalue weighted by Crippen LogP contribution is -2.24. The van der Waals surface area contributed by atoms with Gasteiger partial charge in [-0.15, -0.1) is 11.3 Å². The zero-order valence-corrected chi connectivity index (χ0v) is 11.8. The Labute approximate surface area is 115 Å². The van der Waals surface area contributed by atoms with Crippen molar-refractivity contribution in [2.75, 3.05) is 18.4 Å². The third kappa shape index (κ3) is 2.04. The topological polar surface area (TPSA) is 72.9 Å². The van der Waals surface area contributed by atoms with Gasteiger partial charge < -0.3 is 11.1 Å². The molecule has 3 N–H and O–H groups in total. The monoisotopic (exact) mass is 278 g/mol. The van der Waals surface area contributed by atoms with Gasteiger partial charge in [0.05, 0.1) is 5.39 Å². The summed E-state index contributed by atoms with van der Waals surface area (Å²) in [7, 11) is 1.76. The highest BCUT2D eigenvalue weighted by atomic mass is 32.1. The first-order chi connectivity index (χ1) is 9.22. The largest absolute Gasteiger partial charge is 0.354 e. The molecule has 0 spiro atoms. The third-order valence-electron chi connectivity index (χ3n) is 3.62. The fraction of sp³-hybridized carbons (Fsp3) is 0.538. The zero-order valence-electron chi connectivity index (χ0n) is 11.0. The minimum atomic E-state index is 0.0592. The van der Waals surface area contributed by atoms with E-state index in [1.807, 2.05) is 0 Å². The van der Waals surface area contributed by atoms with Crippen molar-refractivity contribution in [3.05, 3.63) is 20.8 Å². The number of nitrogens with one attached hydrogen (secondary N) is 1. The molecule has 0 radical (unpaired) electrons. The van der Waals surface area contributed by atoms with Crippen LogP contribution in [-0.4, -0.2) is 22.6 Å². The summed E-state index contributed by atoms with van der Waals surface area (Å²) in [5, 5.41) is 3.94. The molecule has 19 heavy (non-hydrogen) atoms. The first-order valence-electron chi connectivity index (χ1n) is 6.67. The van der Waals surface area contributed by atoms with Gasteiger partial charge in [0.2, 0.25) is 5.95 Å². The van der Waals surface area contributed by atoms with E-state index >= 15 is 0 Å². The van der Waals surface area contributed by atoms with Crippen molar-refractivity contribution in [1.29, 1.82) is 0 Å². The molecule has 5 nitrogen and oxygen atoms in total. The van der Waals surface area contributed by atoms with Crippen molar-refractivity contribution < 1.29 is 0 Å². The molecular weight excluding hydrogens is 260 g/mol. The maximum atomic E-state index is 12.5. The van der Waals surface area contributed by atoms with Crippen molar-refractivity contribution in [3.63, 3.8) is 0 Å². The minimum absolute atomic E-state index is 0.0592. The standard InChI is InChI=1S/C13H18N4OS/c1-17-12(18)10-8-4-2-3-5-9(8)19-11(10)16-13(17)15-7-6-14/h2-7,14H2,1H3,(H,15,16). The molecule has 0 bridgehead atoms. The summed E-state index contributed by atoms with van der Waals surface area (Å²) < 4.78 is 1.60. The number of aryl methyl sites for hydroxylation is 2. The minimum Gasteiger partial charge on any atom is -0.354 e. The maximum absolute atomic E-state index is 12.5. The van der Waals surface area contributed by atoms with Gasteiger partial charge in [-0.2, -0.15) is 0 Å². The summed E-state index contributed by atoms with van der Waals surface area (Å²) in [6.45, 7) is 1.14. The summed E-state index contributed by atoms with van der Waals surface area (Å²) in [5.41, 5.74) is 6.78. The van der Waals surface area contributed by atoms with Gasteiger partial charge >= 0.3 is 0 Å². The Morgan fingerprint density at radius 1 is 1.42 bits per heavy atom. The van der Waals surface area contributed by atoms with Crippen molar-refractivity contribution in [2.24, 2.45) is 12.8 Å². The lowest BCUT2D eigenvalue weighted by atomic mass is 9.97. The summed E-state index contributed by atoms with van der Waals surface area (Å²) in [6, 6.07) is 0. The van der Waals surface area contributed by atoms with Crippen LogP contribution in [0.4, 0.5) is 5.95 Å². The van der Waals surface area contributed by atoms with Gasteiger partial charge in [0.15, 0.2) is 0 Å². The number of thiophene rings is 1. The molecule has 0 unspecified atom stereocenters. The van der Waals surface area contributed by atoms with Gasteiger partial charge in [-0.05, 0) is 31.2 Å². The summed E-state index contributed by atoms with van der Waals surface area (Å²) in [6.07, 6.45) is 4.50. The number of fused-ring (bicyclic) bond motifs is 3. The van der Waals surface area contributed by atoms with E-state index in [0.29, 0.717) is 19.0 Å². The van der Waals surface area contributed by atoms with Crippen LogP contribution in [0.1, 0.15) is 23.3 Å². The van der Waals surface area contributed by atoms with Crippen molar-refractivity contribution in [1.82, 2.24) is 9.55 Å². The normalized spacial score (nSPS) is 14.6. The second kappa shape index (κ2) is 4.94. The number of hydrogen-bond acceptors (Lipinski definition) is 5. The molecule has 0 saturated heterocycles. The van der Waals surface area contributed by atoms with Gasteiger partial charge in [-0.3, -0.25) is 9.36 Å². The van der Waals surface area contributed by atoms with Crippen LogP contribution in [0.3, 0.4) is 0 Å². The van der Waals surface area contributed by atoms with E-state index in [9.17, 15) is 4.79 Å². The van der Waals surface area contributed by atoms with Crippen LogP contribution >= 0.6 is 11.3 Å². The summed E-state index contributed by atoms with van der Waals surface area (Å²) in [5.74, 6) is 0.613. The van der Waals surface area contributed by atoms with Crippen LogP contribution in [0.25, 0.3) is 10.2 Å². The molecule has 1 aliphatic rings. The third-order valence-corrected chi connectivity index (χ3v) is 4.81. The molecule has 0 aromatic carbocycles. The van der Waals surface area contributed by atoms with E-state index in [4.69, 9.17) is 5.73 Å². The van der Waals surface area contributed by atoms with Crippen LogP contribution < -0.4 is 16.6 Å².